The molecule has 1 aromatic carbocycles. The van der Waals surface area contributed by atoms with Crippen molar-refractivity contribution in [2.45, 2.75) is 13.0 Å². The number of imide groups is 2. The highest BCUT2D eigenvalue weighted by Crippen LogP contribution is 2.22. The molecule has 8 heteroatoms. The van der Waals surface area contributed by atoms with Gasteiger partial charge in [0, 0.05) is 11.0 Å². The van der Waals surface area contributed by atoms with Crippen LogP contribution < -0.4 is 5.32 Å². The molecule has 1 heterocycles. The maximum absolute atomic E-state index is 12.1. The van der Waals surface area contributed by atoms with Gasteiger partial charge in [-0.3, -0.25) is 19.3 Å². The number of benzene rings is 1. The topological polar surface area (TPSA) is 86.8 Å². The lowest BCUT2D eigenvalue weighted by Gasteiger charge is -2.18. The second kappa shape index (κ2) is 7.39. The van der Waals surface area contributed by atoms with E-state index in [1.807, 2.05) is 24.3 Å². The molecule has 1 aliphatic rings. The smallest absolute Gasteiger partial charge is 0.335 e. The molecule has 1 aromatic rings. The molecule has 24 heavy (non-hydrogen) atoms. The Balaban J connectivity index is 2.03. The first kappa shape index (κ1) is 17.9. The van der Waals surface area contributed by atoms with Crippen molar-refractivity contribution >= 4 is 39.7 Å². The molecule has 126 valence electrons. The van der Waals surface area contributed by atoms with Gasteiger partial charge in [0.15, 0.2) is 0 Å². The van der Waals surface area contributed by atoms with E-state index in [-0.39, 0.29) is 12.6 Å². The highest BCUT2D eigenvalue weighted by Gasteiger charge is 2.44. The van der Waals surface area contributed by atoms with E-state index >= 15 is 0 Å². The van der Waals surface area contributed by atoms with Crippen LogP contribution in [0.1, 0.15) is 18.5 Å². The van der Waals surface area contributed by atoms with E-state index in [9.17, 15) is 19.2 Å². The quantitative estimate of drug-likeness (QED) is 0.451. The molecule has 1 saturated heterocycles. The minimum absolute atomic E-state index is 0.0745. The molecule has 1 fully saturated rings. The SMILES string of the molecule is C=CCN1C(=O)C(=O)N(CC(=O)NC(C)c2ccccc2Br)C1=O. The summed E-state index contributed by atoms with van der Waals surface area (Å²) in [5, 5.41) is 2.70. The standard InChI is InChI=1S/C16H16BrN3O4/c1-3-8-19-14(22)15(23)20(16(19)24)9-13(21)18-10(2)11-6-4-5-7-12(11)17/h3-7,10H,1,8-9H2,2H3,(H,18,21). The van der Waals surface area contributed by atoms with Gasteiger partial charge < -0.3 is 5.32 Å². The van der Waals surface area contributed by atoms with E-state index in [2.05, 4.69) is 27.8 Å². The maximum Gasteiger partial charge on any atom is 0.335 e. The summed E-state index contributed by atoms with van der Waals surface area (Å²) in [7, 11) is 0. The Morgan fingerprint density at radius 2 is 1.88 bits per heavy atom. The summed E-state index contributed by atoms with van der Waals surface area (Å²) in [5.74, 6) is -2.50. The molecule has 5 amide bonds. The van der Waals surface area contributed by atoms with E-state index in [1.165, 1.54) is 6.08 Å². The molecule has 0 saturated carbocycles. The number of rotatable bonds is 6. The molecule has 2 rings (SSSR count). The number of amides is 5. The van der Waals surface area contributed by atoms with Crippen molar-refractivity contribution in [3.05, 3.63) is 47.0 Å². The van der Waals surface area contributed by atoms with Gasteiger partial charge in [0.25, 0.3) is 0 Å². The van der Waals surface area contributed by atoms with Crippen molar-refractivity contribution in [2.24, 2.45) is 0 Å². The first-order valence-electron chi connectivity index (χ1n) is 7.18. The van der Waals surface area contributed by atoms with Gasteiger partial charge in [-0.15, -0.1) is 6.58 Å². The lowest BCUT2D eigenvalue weighted by atomic mass is 10.1. The molecule has 1 atom stereocenters. The Kier molecular flexibility index (Phi) is 5.50. The fourth-order valence-corrected chi connectivity index (χ4v) is 2.94. The van der Waals surface area contributed by atoms with Gasteiger partial charge in [0.05, 0.1) is 6.04 Å². The molecule has 0 spiro atoms. The molecule has 0 bridgehead atoms. The van der Waals surface area contributed by atoms with Gasteiger partial charge in [0.2, 0.25) is 5.91 Å². The number of nitrogens with one attached hydrogen (secondary N) is 1. The van der Waals surface area contributed by atoms with Crippen molar-refractivity contribution in [2.75, 3.05) is 13.1 Å². The zero-order valence-corrected chi connectivity index (χ0v) is 14.6. The first-order chi connectivity index (χ1) is 11.4. The summed E-state index contributed by atoms with van der Waals surface area (Å²) >= 11 is 3.40. The van der Waals surface area contributed by atoms with Crippen LogP contribution in [0.2, 0.25) is 0 Å². The molecule has 1 unspecified atom stereocenters. The maximum atomic E-state index is 12.1. The van der Waals surface area contributed by atoms with Gasteiger partial charge in [-0.1, -0.05) is 40.2 Å². The number of hydrogen-bond donors (Lipinski definition) is 1. The number of urea groups is 1. The van der Waals surface area contributed by atoms with Gasteiger partial charge in [-0.05, 0) is 18.6 Å². The van der Waals surface area contributed by atoms with Crippen LogP contribution in [0, 0.1) is 0 Å². The third-order valence-electron chi connectivity index (χ3n) is 3.50. The summed E-state index contributed by atoms with van der Waals surface area (Å²) < 4.78 is 0.832. The molecular weight excluding hydrogens is 378 g/mol. The monoisotopic (exact) mass is 393 g/mol. The van der Waals surface area contributed by atoms with Crippen molar-refractivity contribution < 1.29 is 19.2 Å². The Hall–Kier alpha value is -2.48. The number of carbonyl (C=O) groups is 4. The normalized spacial score (nSPS) is 15.7. The fraction of sp³-hybridized carbons (Fsp3) is 0.250. The molecular formula is C16H16BrN3O4. The summed E-state index contributed by atoms with van der Waals surface area (Å²) in [6.07, 6.45) is 1.33. The fourth-order valence-electron chi connectivity index (χ4n) is 2.31. The van der Waals surface area contributed by atoms with Crippen LogP contribution >= 0.6 is 15.9 Å². The van der Waals surface area contributed by atoms with E-state index < -0.39 is 30.3 Å². The Morgan fingerprint density at radius 1 is 1.25 bits per heavy atom. The predicted octanol–water partition coefficient (Wildman–Crippen LogP) is 1.60. The molecule has 0 aliphatic carbocycles. The Labute approximate surface area is 147 Å². The molecule has 1 aliphatic heterocycles. The van der Waals surface area contributed by atoms with Gasteiger partial charge in [-0.25, -0.2) is 9.69 Å². The minimum Gasteiger partial charge on any atom is -0.348 e. The largest absolute Gasteiger partial charge is 0.348 e. The number of halogens is 1. The van der Waals surface area contributed by atoms with Crippen LogP contribution in [0.25, 0.3) is 0 Å². The van der Waals surface area contributed by atoms with Crippen molar-refractivity contribution in [1.29, 1.82) is 0 Å². The van der Waals surface area contributed by atoms with Gasteiger partial charge in [-0.2, -0.15) is 0 Å². The number of hydrogen-bond acceptors (Lipinski definition) is 4. The zero-order chi connectivity index (χ0) is 17.9. The Morgan fingerprint density at radius 3 is 2.50 bits per heavy atom. The van der Waals surface area contributed by atoms with E-state index in [1.54, 1.807) is 6.92 Å². The van der Waals surface area contributed by atoms with E-state index in [0.717, 1.165) is 14.9 Å². The van der Waals surface area contributed by atoms with Crippen molar-refractivity contribution in [3.63, 3.8) is 0 Å². The second-order valence-electron chi connectivity index (χ2n) is 5.19. The van der Waals surface area contributed by atoms with Crippen LogP contribution in [-0.4, -0.2) is 46.6 Å². The number of nitrogens with zero attached hydrogens (tertiary/aromatic N) is 2. The molecule has 7 nitrogen and oxygen atoms in total. The van der Waals surface area contributed by atoms with E-state index in [0.29, 0.717) is 4.90 Å². The van der Waals surface area contributed by atoms with Crippen LogP contribution in [0.3, 0.4) is 0 Å². The predicted molar refractivity (Wildman–Crippen MR) is 89.7 cm³/mol. The lowest BCUT2D eigenvalue weighted by molar-refractivity contribution is -0.143. The Bertz CT molecular complexity index is 719. The number of carbonyl (C=O) groups excluding carboxylic acids is 4. The molecule has 1 N–H and O–H groups in total. The molecule has 0 aromatic heterocycles. The van der Waals surface area contributed by atoms with E-state index in [4.69, 9.17) is 0 Å². The highest BCUT2D eigenvalue weighted by molar-refractivity contribution is 9.10. The first-order valence-corrected chi connectivity index (χ1v) is 7.98. The van der Waals surface area contributed by atoms with Crippen LogP contribution in [-0.2, 0) is 14.4 Å². The van der Waals surface area contributed by atoms with Crippen molar-refractivity contribution in [1.82, 2.24) is 15.1 Å². The van der Waals surface area contributed by atoms with Gasteiger partial charge in [0.1, 0.15) is 6.54 Å². The highest BCUT2D eigenvalue weighted by atomic mass is 79.9. The third-order valence-corrected chi connectivity index (χ3v) is 4.22. The molecule has 0 radical (unpaired) electrons. The van der Waals surface area contributed by atoms with Crippen LogP contribution in [0.4, 0.5) is 4.79 Å². The summed E-state index contributed by atoms with van der Waals surface area (Å²) in [4.78, 5) is 49.1. The van der Waals surface area contributed by atoms with Gasteiger partial charge >= 0.3 is 17.8 Å². The average molecular weight is 394 g/mol. The average Bonchev–Trinajstić information content (AvgIpc) is 2.73. The lowest BCUT2D eigenvalue weighted by Crippen LogP contribution is -2.42. The summed E-state index contributed by atoms with van der Waals surface area (Å²) in [5.41, 5.74) is 0.856. The third kappa shape index (κ3) is 3.53. The van der Waals surface area contributed by atoms with Crippen LogP contribution in [0.15, 0.2) is 41.4 Å². The van der Waals surface area contributed by atoms with Crippen LogP contribution in [0.5, 0.6) is 0 Å². The zero-order valence-electron chi connectivity index (χ0n) is 13.0. The summed E-state index contributed by atoms with van der Waals surface area (Å²) in [6, 6.07) is 6.23. The van der Waals surface area contributed by atoms with Crippen molar-refractivity contribution in [3.8, 4) is 0 Å². The minimum atomic E-state index is -1.01. The summed E-state index contributed by atoms with van der Waals surface area (Å²) in [6.45, 7) is 4.62. The second-order valence-corrected chi connectivity index (χ2v) is 6.04.